The number of carbonyl (C=O) groups is 1. The highest BCUT2D eigenvalue weighted by molar-refractivity contribution is 6.01. The van der Waals surface area contributed by atoms with Crippen molar-refractivity contribution < 1.29 is 9.90 Å². The van der Waals surface area contributed by atoms with Crippen LogP contribution >= 0.6 is 0 Å². The number of carbonyl (C=O) groups excluding carboxylic acids is 1. The summed E-state index contributed by atoms with van der Waals surface area (Å²) in [4.78, 5) is 25.5. The van der Waals surface area contributed by atoms with E-state index in [2.05, 4.69) is 25.9 Å². The molecule has 8 nitrogen and oxygen atoms in total. The Labute approximate surface area is 187 Å². The molecule has 2 fully saturated rings. The standard InChI is InChI=1S/C24H30N6O2/c25-11-9-15-1-5-17(6-2-15)30-21(13-22(32)28-16-3-7-18(31)8-4-16)29-20-14-27-24-19(23(20)30)10-12-26-24/h10,12,14-18,31H,1-9,13H2,(H,26,27)(H,28,32)/t15-,16-,17-,18-. The molecule has 5 rings (SSSR count). The molecular formula is C24H30N6O2. The lowest BCUT2D eigenvalue weighted by Crippen LogP contribution is -2.39. The lowest BCUT2D eigenvalue weighted by atomic mass is 9.84. The zero-order valence-corrected chi connectivity index (χ0v) is 18.3. The Morgan fingerprint density at radius 1 is 1.22 bits per heavy atom. The number of H-pyrrole nitrogens is 1. The highest BCUT2D eigenvalue weighted by atomic mass is 16.3. The van der Waals surface area contributed by atoms with Gasteiger partial charge < -0.3 is 20.0 Å². The van der Waals surface area contributed by atoms with Crippen molar-refractivity contribution in [2.24, 2.45) is 5.92 Å². The molecule has 2 saturated carbocycles. The summed E-state index contributed by atoms with van der Waals surface area (Å²) in [7, 11) is 0. The first-order valence-electron chi connectivity index (χ1n) is 11.8. The van der Waals surface area contributed by atoms with E-state index in [0.29, 0.717) is 12.3 Å². The van der Waals surface area contributed by atoms with Crippen molar-refractivity contribution in [3.05, 3.63) is 24.3 Å². The zero-order valence-electron chi connectivity index (χ0n) is 18.3. The highest BCUT2D eigenvalue weighted by Gasteiger charge is 2.28. The average Bonchev–Trinajstić information content (AvgIpc) is 3.40. The van der Waals surface area contributed by atoms with Crippen LogP contribution in [0.2, 0.25) is 0 Å². The highest BCUT2D eigenvalue weighted by Crippen LogP contribution is 2.38. The minimum atomic E-state index is -0.236. The molecule has 3 N–H and O–H groups in total. The number of aliphatic hydroxyl groups excluding tert-OH is 1. The van der Waals surface area contributed by atoms with Crippen LogP contribution in [-0.4, -0.2) is 42.7 Å². The van der Waals surface area contributed by atoms with Gasteiger partial charge >= 0.3 is 0 Å². The molecule has 3 aromatic heterocycles. The number of nitrogens with one attached hydrogen (secondary N) is 2. The summed E-state index contributed by atoms with van der Waals surface area (Å²) in [6, 6.07) is 4.74. The van der Waals surface area contributed by atoms with Crippen LogP contribution < -0.4 is 5.32 Å². The van der Waals surface area contributed by atoms with Gasteiger partial charge in [0, 0.05) is 30.1 Å². The van der Waals surface area contributed by atoms with Gasteiger partial charge in [-0.3, -0.25) is 4.79 Å². The van der Waals surface area contributed by atoms with Crippen molar-refractivity contribution in [2.75, 3.05) is 0 Å². The molecular weight excluding hydrogens is 404 g/mol. The quantitative estimate of drug-likeness (QED) is 0.567. The van der Waals surface area contributed by atoms with Crippen LogP contribution in [0.4, 0.5) is 0 Å². The van der Waals surface area contributed by atoms with Crippen molar-refractivity contribution in [3.8, 4) is 6.07 Å². The summed E-state index contributed by atoms with van der Waals surface area (Å²) in [5, 5.41) is 23.0. The predicted molar refractivity (Wildman–Crippen MR) is 121 cm³/mol. The van der Waals surface area contributed by atoms with E-state index in [9.17, 15) is 9.90 Å². The van der Waals surface area contributed by atoms with Gasteiger partial charge in [-0.2, -0.15) is 5.26 Å². The van der Waals surface area contributed by atoms with Crippen LogP contribution in [0, 0.1) is 17.2 Å². The SMILES string of the molecule is N#CC[C@H]1CC[C@H](n2c(CC(=O)N[C@H]3CC[C@H](O)CC3)nc3cnc4[nH]ccc4c32)CC1. The van der Waals surface area contributed by atoms with Crippen LogP contribution in [0.1, 0.15) is 69.7 Å². The Morgan fingerprint density at radius 2 is 2.00 bits per heavy atom. The van der Waals surface area contributed by atoms with E-state index >= 15 is 0 Å². The Kier molecular flexibility index (Phi) is 5.83. The first-order valence-corrected chi connectivity index (χ1v) is 11.8. The van der Waals surface area contributed by atoms with Gasteiger partial charge in [-0.1, -0.05) is 0 Å². The second kappa shape index (κ2) is 8.91. The smallest absolute Gasteiger partial charge is 0.227 e. The summed E-state index contributed by atoms with van der Waals surface area (Å²) in [5.41, 5.74) is 2.69. The van der Waals surface area contributed by atoms with E-state index in [0.717, 1.165) is 79.3 Å². The molecule has 3 aromatic rings. The largest absolute Gasteiger partial charge is 0.393 e. The Bertz CT molecular complexity index is 1140. The topological polar surface area (TPSA) is 120 Å². The second-order valence-corrected chi connectivity index (χ2v) is 9.42. The second-order valence-electron chi connectivity index (χ2n) is 9.42. The maximum absolute atomic E-state index is 12.9. The number of imidazole rings is 1. The number of hydrogen-bond acceptors (Lipinski definition) is 5. The third-order valence-electron chi connectivity index (χ3n) is 7.25. The van der Waals surface area contributed by atoms with Crippen molar-refractivity contribution in [1.29, 1.82) is 5.26 Å². The third kappa shape index (κ3) is 4.09. The molecule has 0 radical (unpaired) electrons. The number of nitrogens with zero attached hydrogens (tertiary/aromatic N) is 4. The fraction of sp³-hybridized carbons (Fsp3) is 0.583. The molecule has 0 unspecified atom stereocenters. The molecule has 0 aliphatic heterocycles. The summed E-state index contributed by atoms with van der Waals surface area (Å²) >= 11 is 0. The molecule has 0 aromatic carbocycles. The van der Waals surface area contributed by atoms with Gasteiger partial charge in [0.05, 0.1) is 30.3 Å². The van der Waals surface area contributed by atoms with Crippen LogP contribution in [0.5, 0.6) is 0 Å². The molecule has 2 aliphatic carbocycles. The fourth-order valence-corrected chi connectivity index (χ4v) is 5.54. The van der Waals surface area contributed by atoms with Crippen LogP contribution in [0.3, 0.4) is 0 Å². The Morgan fingerprint density at radius 3 is 2.75 bits per heavy atom. The number of pyridine rings is 1. The summed E-state index contributed by atoms with van der Waals surface area (Å²) in [6.45, 7) is 0. The number of rotatable bonds is 5. The fourth-order valence-electron chi connectivity index (χ4n) is 5.54. The molecule has 8 heteroatoms. The van der Waals surface area contributed by atoms with Gasteiger partial charge in [0.1, 0.15) is 17.0 Å². The van der Waals surface area contributed by atoms with Crippen molar-refractivity contribution >= 4 is 28.0 Å². The van der Waals surface area contributed by atoms with Crippen molar-refractivity contribution in [3.63, 3.8) is 0 Å². The number of aromatic nitrogens is 4. The van der Waals surface area contributed by atoms with Gasteiger partial charge in [0.2, 0.25) is 5.91 Å². The molecule has 2 aliphatic rings. The first-order chi connectivity index (χ1) is 15.6. The monoisotopic (exact) mass is 434 g/mol. The average molecular weight is 435 g/mol. The number of fused-ring (bicyclic) bond motifs is 3. The molecule has 0 atom stereocenters. The van der Waals surface area contributed by atoms with E-state index < -0.39 is 0 Å². The summed E-state index contributed by atoms with van der Waals surface area (Å²) < 4.78 is 2.28. The number of aromatic amines is 1. The molecule has 0 spiro atoms. The van der Waals surface area contributed by atoms with Crippen LogP contribution in [0.15, 0.2) is 18.5 Å². The van der Waals surface area contributed by atoms with Crippen molar-refractivity contribution in [2.45, 2.75) is 82.4 Å². The zero-order chi connectivity index (χ0) is 22.1. The number of aliphatic hydroxyl groups is 1. The number of hydrogen-bond donors (Lipinski definition) is 3. The van der Waals surface area contributed by atoms with Gasteiger partial charge in [-0.15, -0.1) is 0 Å². The molecule has 0 bridgehead atoms. The number of amides is 1. The number of nitriles is 1. The Balaban J connectivity index is 1.43. The first kappa shape index (κ1) is 21.0. The van der Waals surface area contributed by atoms with E-state index in [1.54, 1.807) is 6.20 Å². The normalized spacial score (nSPS) is 26.2. The minimum absolute atomic E-state index is 0.0145. The van der Waals surface area contributed by atoms with E-state index in [1.165, 1.54) is 0 Å². The van der Waals surface area contributed by atoms with Gasteiger partial charge in [0.25, 0.3) is 0 Å². The lowest BCUT2D eigenvalue weighted by molar-refractivity contribution is -0.121. The van der Waals surface area contributed by atoms with E-state index in [4.69, 9.17) is 10.2 Å². The van der Waals surface area contributed by atoms with E-state index in [-0.39, 0.29) is 30.5 Å². The van der Waals surface area contributed by atoms with Crippen LogP contribution in [-0.2, 0) is 11.2 Å². The molecule has 168 valence electrons. The maximum atomic E-state index is 12.9. The van der Waals surface area contributed by atoms with Gasteiger partial charge in [-0.25, -0.2) is 9.97 Å². The van der Waals surface area contributed by atoms with Gasteiger partial charge in [0.15, 0.2) is 0 Å². The molecule has 32 heavy (non-hydrogen) atoms. The maximum Gasteiger partial charge on any atom is 0.227 e. The Hall–Kier alpha value is -2.92. The van der Waals surface area contributed by atoms with Crippen molar-refractivity contribution in [1.82, 2.24) is 24.8 Å². The molecule has 3 heterocycles. The third-order valence-corrected chi connectivity index (χ3v) is 7.25. The van der Waals surface area contributed by atoms with Crippen LogP contribution in [0.25, 0.3) is 22.1 Å². The molecule has 0 saturated heterocycles. The minimum Gasteiger partial charge on any atom is -0.393 e. The molecule has 1 amide bonds. The van der Waals surface area contributed by atoms with E-state index in [1.807, 2.05) is 12.3 Å². The summed E-state index contributed by atoms with van der Waals surface area (Å²) in [6.07, 6.45) is 11.4. The predicted octanol–water partition coefficient (Wildman–Crippen LogP) is 3.52. The lowest BCUT2D eigenvalue weighted by Gasteiger charge is -2.30. The van der Waals surface area contributed by atoms with Gasteiger partial charge in [-0.05, 0) is 63.4 Å². The summed E-state index contributed by atoms with van der Waals surface area (Å²) in [5.74, 6) is 1.24.